The predicted molar refractivity (Wildman–Crippen MR) is 67.9 cm³/mol. The zero-order valence-corrected chi connectivity index (χ0v) is 10.4. The minimum absolute atomic E-state index is 0.133. The average Bonchev–Trinajstić information content (AvgIpc) is 2.55. The highest BCUT2D eigenvalue weighted by molar-refractivity contribution is 7.73. The molecule has 0 saturated heterocycles. The van der Waals surface area contributed by atoms with Crippen LogP contribution in [0.5, 0.6) is 5.75 Å². The molecule has 1 aromatic carbocycles. The van der Waals surface area contributed by atoms with Gasteiger partial charge < -0.3 is 15.0 Å². The first kappa shape index (κ1) is 11.1. The second kappa shape index (κ2) is 4.23. The third-order valence-corrected chi connectivity index (χ3v) is 3.25. The number of ether oxygens (including phenoxy) is 1. The number of aromatic nitrogens is 1. The van der Waals surface area contributed by atoms with Crippen LogP contribution in [0.4, 0.5) is 5.69 Å². The topological polar surface area (TPSA) is 54.1 Å². The molecule has 0 radical (unpaired) electrons. The Kier molecular flexibility index (Phi) is 2.93. The zero-order valence-electron chi connectivity index (χ0n) is 8.79. The van der Waals surface area contributed by atoms with Crippen molar-refractivity contribution in [2.24, 2.45) is 0 Å². The molecule has 0 aliphatic heterocycles. The summed E-state index contributed by atoms with van der Waals surface area (Å²) in [7, 11) is 1.57. The van der Waals surface area contributed by atoms with E-state index in [9.17, 15) is 4.79 Å². The fourth-order valence-electron chi connectivity index (χ4n) is 1.43. The van der Waals surface area contributed by atoms with Crippen LogP contribution in [0.1, 0.15) is 6.92 Å². The van der Waals surface area contributed by atoms with Crippen LogP contribution in [-0.4, -0.2) is 18.0 Å². The first-order valence-corrected chi connectivity index (χ1v) is 5.81. The van der Waals surface area contributed by atoms with Crippen LogP contribution < -0.4 is 10.1 Å². The molecule has 1 aromatic heterocycles. The van der Waals surface area contributed by atoms with Crippen molar-refractivity contribution in [2.75, 3.05) is 12.4 Å². The molecule has 4 nitrogen and oxygen atoms in total. The number of amides is 1. The van der Waals surface area contributed by atoms with Crippen molar-refractivity contribution in [3.05, 3.63) is 16.1 Å². The van der Waals surface area contributed by atoms with Crippen LogP contribution in [0.25, 0.3) is 10.2 Å². The Morgan fingerprint density at radius 1 is 1.56 bits per heavy atom. The molecule has 0 spiro atoms. The monoisotopic (exact) mass is 254 g/mol. The highest BCUT2D eigenvalue weighted by atomic mass is 32.1. The summed E-state index contributed by atoms with van der Waals surface area (Å²) in [6.45, 7) is 1.46. The number of fused-ring (bicyclic) bond motifs is 1. The molecule has 0 saturated carbocycles. The Morgan fingerprint density at radius 3 is 2.94 bits per heavy atom. The molecular formula is C10H10N2O2S2. The molecule has 0 unspecified atom stereocenters. The highest BCUT2D eigenvalue weighted by Gasteiger charge is 2.08. The van der Waals surface area contributed by atoms with Crippen LogP contribution >= 0.6 is 23.6 Å². The Hall–Kier alpha value is -1.40. The van der Waals surface area contributed by atoms with E-state index in [4.69, 9.17) is 17.0 Å². The number of aromatic amines is 1. The number of carbonyl (C=O) groups excluding carboxylic acids is 1. The molecule has 0 aliphatic carbocycles. The number of carbonyl (C=O) groups is 1. The van der Waals surface area contributed by atoms with Crippen molar-refractivity contribution < 1.29 is 9.53 Å². The standard InChI is InChI=1S/C10H10N2O2S2/c1-5(13)11-6-3-7-9(4-8(6)14-2)16-10(15)12-7/h3-4H,1-2H3,(H,11,13)(H,12,15). The van der Waals surface area contributed by atoms with Crippen molar-refractivity contribution >= 4 is 45.4 Å². The second-order valence-electron chi connectivity index (χ2n) is 3.24. The minimum atomic E-state index is -0.133. The molecule has 0 atom stereocenters. The normalized spacial score (nSPS) is 10.4. The molecule has 0 fully saturated rings. The Morgan fingerprint density at radius 2 is 2.31 bits per heavy atom. The van der Waals surface area contributed by atoms with Gasteiger partial charge in [-0.15, -0.1) is 11.3 Å². The molecule has 84 valence electrons. The lowest BCUT2D eigenvalue weighted by atomic mass is 10.2. The smallest absolute Gasteiger partial charge is 0.221 e. The van der Waals surface area contributed by atoms with Gasteiger partial charge in [0.2, 0.25) is 5.91 Å². The second-order valence-corrected chi connectivity index (χ2v) is 4.96. The van der Waals surface area contributed by atoms with Gasteiger partial charge in [0, 0.05) is 13.0 Å². The van der Waals surface area contributed by atoms with Gasteiger partial charge in [-0.25, -0.2) is 0 Å². The van der Waals surface area contributed by atoms with Gasteiger partial charge in [0.1, 0.15) is 5.75 Å². The van der Waals surface area contributed by atoms with E-state index in [0.717, 1.165) is 10.2 Å². The highest BCUT2D eigenvalue weighted by Crippen LogP contribution is 2.32. The maximum absolute atomic E-state index is 11.0. The Labute approximate surface area is 101 Å². The van der Waals surface area contributed by atoms with E-state index in [-0.39, 0.29) is 5.91 Å². The number of rotatable bonds is 2. The van der Waals surface area contributed by atoms with E-state index in [2.05, 4.69) is 10.3 Å². The lowest BCUT2D eigenvalue weighted by Crippen LogP contribution is -2.06. The summed E-state index contributed by atoms with van der Waals surface area (Å²) < 4.78 is 6.92. The molecule has 2 N–H and O–H groups in total. The van der Waals surface area contributed by atoms with E-state index in [1.54, 1.807) is 7.11 Å². The molecule has 1 amide bonds. The van der Waals surface area contributed by atoms with Gasteiger partial charge in [-0.05, 0) is 18.3 Å². The first-order valence-electron chi connectivity index (χ1n) is 4.58. The van der Waals surface area contributed by atoms with Gasteiger partial charge in [0.25, 0.3) is 0 Å². The molecule has 0 aliphatic rings. The third-order valence-electron chi connectivity index (χ3n) is 2.05. The Bertz CT molecular complexity index is 600. The van der Waals surface area contributed by atoms with Crippen molar-refractivity contribution in [1.29, 1.82) is 0 Å². The molecule has 0 bridgehead atoms. The number of methoxy groups -OCH3 is 1. The third kappa shape index (κ3) is 2.07. The SMILES string of the molecule is COc1cc2sc(=S)[nH]c2cc1NC(C)=O. The van der Waals surface area contributed by atoms with E-state index >= 15 is 0 Å². The predicted octanol–water partition coefficient (Wildman–Crippen LogP) is 2.93. The lowest BCUT2D eigenvalue weighted by Gasteiger charge is -2.08. The van der Waals surface area contributed by atoms with Gasteiger partial charge in [0.05, 0.1) is 23.0 Å². The van der Waals surface area contributed by atoms with Gasteiger partial charge in [0.15, 0.2) is 3.95 Å². The largest absolute Gasteiger partial charge is 0.495 e. The quantitative estimate of drug-likeness (QED) is 0.810. The van der Waals surface area contributed by atoms with Crippen molar-refractivity contribution in [2.45, 2.75) is 6.92 Å². The van der Waals surface area contributed by atoms with Crippen LogP contribution in [0.3, 0.4) is 0 Å². The molecule has 1 heterocycles. The van der Waals surface area contributed by atoms with Gasteiger partial charge in [-0.3, -0.25) is 4.79 Å². The van der Waals surface area contributed by atoms with Crippen molar-refractivity contribution in [1.82, 2.24) is 4.98 Å². The number of nitrogens with one attached hydrogen (secondary N) is 2. The van der Waals surface area contributed by atoms with Gasteiger partial charge in [-0.2, -0.15) is 0 Å². The maximum Gasteiger partial charge on any atom is 0.221 e. The lowest BCUT2D eigenvalue weighted by molar-refractivity contribution is -0.114. The summed E-state index contributed by atoms with van der Waals surface area (Å²) in [4.78, 5) is 14.1. The van der Waals surface area contributed by atoms with Crippen molar-refractivity contribution in [3.63, 3.8) is 0 Å². The summed E-state index contributed by atoms with van der Waals surface area (Å²) >= 11 is 6.53. The van der Waals surface area contributed by atoms with Gasteiger partial charge in [-0.1, -0.05) is 0 Å². The summed E-state index contributed by atoms with van der Waals surface area (Å²) in [5.74, 6) is 0.499. The molecule has 2 aromatic rings. The Balaban J connectivity index is 2.61. The van der Waals surface area contributed by atoms with Crippen LogP contribution in [0, 0.1) is 3.95 Å². The van der Waals surface area contributed by atoms with Crippen LogP contribution in [0.2, 0.25) is 0 Å². The number of H-pyrrole nitrogens is 1. The van der Waals surface area contributed by atoms with E-state index in [0.29, 0.717) is 15.4 Å². The maximum atomic E-state index is 11.0. The number of hydrogen-bond donors (Lipinski definition) is 2. The molecule has 6 heteroatoms. The summed E-state index contributed by atoms with van der Waals surface area (Å²) in [5, 5.41) is 2.71. The summed E-state index contributed by atoms with van der Waals surface area (Å²) in [6.07, 6.45) is 0. The fourth-order valence-corrected chi connectivity index (χ4v) is 2.56. The van der Waals surface area contributed by atoms with E-state index in [1.165, 1.54) is 18.3 Å². The zero-order chi connectivity index (χ0) is 11.7. The van der Waals surface area contributed by atoms with Crippen LogP contribution in [-0.2, 0) is 4.79 Å². The molecule has 2 rings (SSSR count). The minimum Gasteiger partial charge on any atom is -0.495 e. The van der Waals surface area contributed by atoms with Crippen molar-refractivity contribution in [3.8, 4) is 5.75 Å². The van der Waals surface area contributed by atoms with E-state index < -0.39 is 0 Å². The number of hydrogen-bond acceptors (Lipinski definition) is 4. The number of thiazole rings is 1. The number of benzene rings is 1. The first-order chi connectivity index (χ1) is 7.60. The summed E-state index contributed by atoms with van der Waals surface area (Å²) in [6, 6.07) is 3.68. The van der Waals surface area contributed by atoms with Crippen LogP contribution in [0.15, 0.2) is 12.1 Å². The fraction of sp³-hybridized carbons (Fsp3) is 0.200. The number of anilines is 1. The summed E-state index contributed by atoms with van der Waals surface area (Å²) in [5.41, 5.74) is 1.55. The molecule has 16 heavy (non-hydrogen) atoms. The average molecular weight is 254 g/mol. The van der Waals surface area contributed by atoms with E-state index in [1.807, 2.05) is 12.1 Å². The van der Waals surface area contributed by atoms with Gasteiger partial charge >= 0.3 is 0 Å². The molecular weight excluding hydrogens is 244 g/mol.